The van der Waals surface area contributed by atoms with Gasteiger partial charge in [-0.3, -0.25) is 9.59 Å². The molecule has 1 heterocycles. The summed E-state index contributed by atoms with van der Waals surface area (Å²) in [6.45, 7) is 1.82. The molecular weight excluding hydrogens is 402 g/mol. The summed E-state index contributed by atoms with van der Waals surface area (Å²) in [6.07, 6.45) is 0.519. The number of rotatable bonds is 7. The van der Waals surface area contributed by atoms with Gasteiger partial charge in [0.15, 0.2) is 0 Å². The molecule has 0 saturated carbocycles. The van der Waals surface area contributed by atoms with E-state index in [1.807, 2.05) is 54.6 Å². The Balaban J connectivity index is 1.70. The molecule has 0 radical (unpaired) electrons. The summed E-state index contributed by atoms with van der Waals surface area (Å²) in [6, 6.07) is 23.8. The Morgan fingerprint density at radius 3 is 2.38 bits per heavy atom. The van der Waals surface area contributed by atoms with Crippen molar-refractivity contribution < 1.29 is 9.90 Å². The van der Waals surface area contributed by atoms with Crippen molar-refractivity contribution in [3.63, 3.8) is 0 Å². The Hall–Kier alpha value is -3.77. The van der Waals surface area contributed by atoms with Gasteiger partial charge >= 0.3 is 0 Å². The molecule has 2 N–H and O–H groups in total. The van der Waals surface area contributed by atoms with Crippen molar-refractivity contribution in [1.29, 1.82) is 0 Å². The predicted octanol–water partition coefficient (Wildman–Crippen LogP) is 3.48. The van der Waals surface area contributed by atoms with Crippen molar-refractivity contribution in [3.8, 4) is 0 Å². The number of benzene rings is 3. The molecule has 6 nitrogen and oxygen atoms in total. The van der Waals surface area contributed by atoms with E-state index in [0.717, 1.165) is 11.1 Å². The molecule has 0 spiro atoms. The van der Waals surface area contributed by atoms with Crippen LogP contribution in [0.4, 0.5) is 0 Å². The van der Waals surface area contributed by atoms with Crippen LogP contribution < -0.4 is 5.56 Å². The molecule has 4 rings (SSSR count). The van der Waals surface area contributed by atoms with Gasteiger partial charge in [-0.25, -0.2) is 4.98 Å². The Morgan fingerprint density at radius 1 is 1.00 bits per heavy atom. The second kappa shape index (κ2) is 9.58. The number of H-pyrrole nitrogens is 1. The number of hydrogen-bond donors (Lipinski definition) is 2. The van der Waals surface area contributed by atoms with E-state index in [1.54, 1.807) is 36.1 Å². The summed E-state index contributed by atoms with van der Waals surface area (Å²) in [5.74, 6) is 0.385. The van der Waals surface area contributed by atoms with Crippen LogP contribution in [0, 0.1) is 6.92 Å². The maximum Gasteiger partial charge on any atom is 0.258 e. The van der Waals surface area contributed by atoms with Gasteiger partial charge in [0, 0.05) is 12.1 Å². The van der Waals surface area contributed by atoms with Crippen LogP contribution in [0.3, 0.4) is 0 Å². The molecule has 6 heteroatoms. The summed E-state index contributed by atoms with van der Waals surface area (Å²) >= 11 is 0. The first-order valence-corrected chi connectivity index (χ1v) is 10.6. The number of hydrogen-bond acceptors (Lipinski definition) is 4. The summed E-state index contributed by atoms with van der Waals surface area (Å²) in [7, 11) is 0. The van der Waals surface area contributed by atoms with Gasteiger partial charge in [-0.05, 0) is 48.7 Å². The van der Waals surface area contributed by atoms with E-state index in [2.05, 4.69) is 9.97 Å². The fraction of sp³-hybridized carbons (Fsp3) is 0.192. The first kappa shape index (κ1) is 21.5. The number of carbonyl (C=O) groups is 1. The molecular formula is C26H25N3O3. The SMILES string of the molecule is Cc1nc2ccc(CN(C(=O)c3ccccc3)C(CO)Cc3ccccc3)cc2c(=O)[nH]1. The third kappa shape index (κ3) is 4.76. The van der Waals surface area contributed by atoms with Gasteiger partial charge in [0.05, 0.1) is 23.6 Å². The van der Waals surface area contributed by atoms with Crippen LogP contribution in [0.25, 0.3) is 10.9 Å². The highest BCUT2D eigenvalue weighted by molar-refractivity contribution is 5.94. The predicted molar refractivity (Wildman–Crippen MR) is 124 cm³/mol. The zero-order chi connectivity index (χ0) is 22.5. The molecule has 4 aromatic rings. The Kier molecular flexibility index (Phi) is 6.42. The minimum atomic E-state index is -0.421. The largest absolute Gasteiger partial charge is 0.394 e. The number of nitrogens with zero attached hydrogens (tertiary/aromatic N) is 2. The van der Waals surface area contributed by atoms with Crippen LogP contribution in [0.15, 0.2) is 83.7 Å². The van der Waals surface area contributed by atoms with Gasteiger partial charge in [0.25, 0.3) is 11.5 Å². The fourth-order valence-corrected chi connectivity index (χ4v) is 3.87. The molecule has 0 aliphatic carbocycles. The summed E-state index contributed by atoms with van der Waals surface area (Å²) < 4.78 is 0. The summed E-state index contributed by atoms with van der Waals surface area (Å²) in [5.41, 5.74) is 2.78. The van der Waals surface area contributed by atoms with Crippen LogP contribution in [0.5, 0.6) is 0 Å². The van der Waals surface area contributed by atoms with E-state index in [0.29, 0.717) is 28.7 Å². The fourth-order valence-electron chi connectivity index (χ4n) is 3.87. The van der Waals surface area contributed by atoms with Crippen molar-refractivity contribution in [2.75, 3.05) is 6.61 Å². The molecule has 1 unspecified atom stereocenters. The van der Waals surface area contributed by atoms with Crippen molar-refractivity contribution in [3.05, 3.63) is 112 Å². The van der Waals surface area contributed by atoms with Gasteiger partial charge in [-0.2, -0.15) is 0 Å². The normalized spacial score (nSPS) is 11.9. The van der Waals surface area contributed by atoms with Crippen molar-refractivity contribution in [1.82, 2.24) is 14.9 Å². The number of nitrogens with one attached hydrogen (secondary N) is 1. The lowest BCUT2D eigenvalue weighted by Crippen LogP contribution is -2.43. The summed E-state index contributed by atoms with van der Waals surface area (Å²) in [4.78, 5) is 34.6. The number of aryl methyl sites for hydroxylation is 1. The van der Waals surface area contributed by atoms with E-state index >= 15 is 0 Å². The number of fused-ring (bicyclic) bond motifs is 1. The highest BCUT2D eigenvalue weighted by Crippen LogP contribution is 2.19. The quantitative estimate of drug-likeness (QED) is 0.473. The first-order chi connectivity index (χ1) is 15.5. The van der Waals surface area contributed by atoms with Crippen LogP contribution in [0.2, 0.25) is 0 Å². The average Bonchev–Trinajstić information content (AvgIpc) is 2.82. The molecule has 0 fully saturated rings. The monoisotopic (exact) mass is 427 g/mol. The van der Waals surface area contributed by atoms with Gasteiger partial charge in [0.1, 0.15) is 5.82 Å². The maximum atomic E-state index is 13.4. The second-order valence-corrected chi connectivity index (χ2v) is 7.83. The van der Waals surface area contributed by atoms with Crippen LogP contribution in [-0.4, -0.2) is 38.5 Å². The lowest BCUT2D eigenvalue weighted by Gasteiger charge is -2.31. The molecule has 3 aromatic carbocycles. The number of carbonyl (C=O) groups excluding carboxylic acids is 1. The van der Waals surface area contributed by atoms with Gasteiger partial charge in [-0.15, -0.1) is 0 Å². The molecule has 0 saturated heterocycles. The van der Waals surface area contributed by atoms with Gasteiger partial charge < -0.3 is 15.0 Å². The van der Waals surface area contributed by atoms with Crippen LogP contribution in [0.1, 0.15) is 27.3 Å². The zero-order valence-electron chi connectivity index (χ0n) is 17.9. The minimum absolute atomic E-state index is 0.170. The van der Waals surface area contributed by atoms with E-state index in [1.165, 1.54) is 0 Å². The highest BCUT2D eigenvalue weighted by atomic mass is 16.3. The standard InChI is InChI=1S/C26H25N3O3/c1-18-27-24-13-12-20(15-23(24)25(31)28-18)16-29(26(32)21-10-6-3-7-11-21)22(17-30)14-19-8-4-2-5-9-19/h2-13,15,22,30H,14,16-17H2,1H3,(H,27,28,31). The number of aliphatic hydroxyl groups is 1. The lowest BCUT2D eigenvalue weighted by atomic mass is 10.0. The first-order valence-electron chi connectivity index (χ1n) is 10.6. The molecule has 0 aliphatic heterocycles. The molecule has 32 heavy (non-hydrogen) atoms. The van der Waals surface area contributed by atoms with E-state index in [9.17, 15) is 14.7 Å². The Labute approximate surface area is 186 Å². The number of aromatic amines is 1. The van der Waals surface area contributed by atoms with Crippen molar-refractivity contribution in [2.45, 2.75) is 25.9 Å². The topological polar surface area (TPSA) is 86.3 Å². The zero-order valence-corrected chi connectivity index (χ0v) is 17.9. The van der Waals surface area contributed by atoms with E-state index in [4.69, 9.17) is 0 Å². The van der Waals surface area contributed by atoms with Crippen molar-refractivity contribution >= 4 is 16.8 Å². The smallest absolute Gasteiger partial charge is 0.258 e. The maximum absolute atomic E-state index is 13.4. The van der Waals surface area contributed by atoms with Crippen LogP contribution >= 0.6 is 0 Å². The van der Waals surface area contributed by atoms with E-state index in [-0.39, 0.29) is 24.6 Å². The number of aromatic nitrogens is 2. The minimum Gasteiger partial charge on any atom is -0.394 e. The molecule has 1 amide bonds. The lowest BCUT2D eigenvalue weighted by molar-refractivity contribution is 0.0570. The third-order valence-electron chi connectivity index (χ3n) is 5.49. The average molecular weight is 428 g/mol. The Morgan fingerprint density at radius 2 is 1.69 bits per heavy atom. The number of amides is 1. The molecule has 1 aromatic heterocycles. The number of aliphatic hydroxyl groups excluding tert-OH is 1. The second-order valence-electron chi connectivity index (χ2n) is 7.83. The van der Waals surface area contributed by atoms with Gasteiger partial charge in [-0.1, -0.05) is 54.6 Å². The molecule has 0 aliphatic rings. The van der Waals surface area contributed by atoms with Gasteiger partial charge in [0.2, 0.25) is 0 Å². The molecule has 1 atom stereocenters. The van der Waals surface area contributed by atoms with Crippen LogP contribution in [-0.2, 0) is 13.0 Å². The molecule has 162 valence electrons. The summed E-state index contributed by atoms with van der Waals surface area (Å²) in [5, 5.41) is 10.7. The highest BCUT2D eigenvalue weighted by Gasteiger charge is 2.25. The third-order valence-corrected chi connectivity index (χ3v) is 5.49. The Bertz CT molecular complexity index is 1270. The molecule has 0 bridgehead atoms. The van der Waals surface area contributed by atoms with Crippen molar-refractivity contribution in [2.24, 2.45) is 0 Å². The van der Waals surface area contributed by atoms with E-state index < -0.39 is 6.04 Å².